The van der Waals surface area contributed by atoms with Gasteiger partial charge in [0, 0.05) is 5.02 Å². The van der Waals surface area contributed by atoms with E-state index in [1.54, 1.807) is 0 Å². The average molecular weight is 184 g/mol. The second-order valence-corrected chi connectivity index (χ2v) is 3.47. The van der Waals surface area contributed by atoms with Gasteiger partial charge in [-0.3, -0.25) is 0 Å². The van der Waals surface area contributed by atoms with Gasteiger partial charge in [-0.05, 0) is 49.6 Å². The van der Waals surface area contributed by atoms with E-state index in [2.05, 4.69) is 13.0 Å². The highest BCUT2D eigenvalue weighted by molar-refractivity contribution is 6.31. The highest BCUT2D eigenvalue weighted by atomic mass is 35.5. The minimum atomic E-state index is 0.696. The zero-order chi connectivity index (χ0) is 9.14. The van der Waals surface area contributed by atoms with E-state index >= 15 is 0 Å². The Bertz CT molecular complexity index is 281. The lowest BCUT2D eigenvalue weighted by atomic mass is 10.0. The van der Waals surface area contributed by atoms with Crippen molar-refractivity contribution < 1.29 is 0 Å². The summed E-state index contributed by atoms with van der Waals surface area (Å²) in [6, 6.07) is 4.12. The van der Waals surface area contributed by atoms with Crippen molar-refractivity contribution in [2.45, 2.75) is 20.3 Å². The molecule has 0 spiro atoms. The van der Waals surface area contributed by atoms with Gasteiger partial charge in [-0.25, -0.2) is 0 Å². The van der Waals surface area contributed by atoms with Crippen LogP contribution in [0.5, 0.6) is 0 Å². The van der Waals surface area contributed by atoms with Crippen LogP contribution in [-0.2, 0) is 6.42 Å². The number of hydrogen-bond acceptors (Lipinski definition) is 1. The summed E-state index contributed by atoms with van der Waals surface area (Å²) >= 11 is 5.95. The Morgan fingerprint density at radius 3 is 2.50 bits per heavy atom. The topological polar surface area (TPSA) is 26.0 Å². The summed E-state index contributed by atoms with van der Waals surface area (Å²) in [6.07, 6.45) is 0.934. The predicted molar refractivity (Wildman–Crippen MR) is 53.7 cm³/mol. The van der Waals surface area contributed by atoms with Gasteiger partial charge in [0.1, 0.15) is 0 Å². The molecule has 0 saturated carbocycles. The van der Waals surface area contributed by atoms with Gasteiger partial charge >= 0.3 is 0 Å². The van der Waals surface area contributed by atoms with E-state index in [0.717, 1.165) is 17.0 Å². The van der Waals surface area contributed by atoms with Crippen molar-refractivity contribution in [2.24, 2.45) is 5.73 Å². The standard InChI is InChI=1S/C10H14ClN/c1-7-6-10(11)8(2)5-9(7)3-4-12/h5-6H,3-4,12H2,1-2H3. The number of hydrogen-bond donors (Lipinski definition) is 1. The molecule has 0 radical (unpaired) electrons. The SMILES string of the molecule is Cc1cc(CCN)c(C)cc1Cl. The molecule has 0 unspecified atom stereocenters. The molecule has 0 aliphatic heterocycles. The van der Waals surface area contributed by atoms with Gasteiger partial charge < -0.3 is 5.73 Å². The maximum Gasteiger partial charge on any atom is 0.0438 e. The molecule has 0 saturated heterocycles. The number of halogens is 1. The first-order chi connectivity index (χ1) is 5.65. The fraction of sp³-hybridized carbons (Fsp3) is 0.400. The Morgan fingerprint density at radius 2 is 1.92 bits per heavy atom. The molecule has 0 atom stereocenters. The third-order valence-electron chi connectivity index (χ3n) is 2.03. The zero-order valence-corrected chi connectivity index (χ0v) is 8.28. The molecule has 1 nitrogen and oxygen atoms in total. The average Bonchev–Trinajstić information content (AvgIpc) is 2.01. The fourth-order valence-electron chi connectivity index (χ4n) is 1.27. The quantitative estimate of drug-likeness (QED) is 0.749. The molecule has 0 amide bonds. The molecule has 12 heavy (non-hydrogen) atoms. The minimum Gasteiger partial charge on any atom is -0.330 e. The molecule has 0 aromatic heterocycles. The van der Waals surface area contributed by atoms with Crippen LogP contribution in [0, 0.1) is 13.8 Å². The van der Waals surface area contributed by atoms with E-state index in [0.29, 0.717) is 6.54 Å². The van der Waals surface area contributed by atoms with Crippen LogP contribution in [0.2, 0.25) is 5.02 Å². The Kier molecular flexibility index (Phi) is 3.12. The lowest BCUT2D eigenvalue weighted by Crippen LogP contribution is -2.04. The molecule has 0 fully saturated rings. The first-order valence-electron chi connectivity index (χ1n) is 4.11. The summed E-state index contributed by atoms with van der Waals surface area (Å²) in [5.41, 5.74) is 9.15. The first-order valence-corrected chi connectivity index (χ1v) is 4.48. The molecule has 1 rings (SSSR count). The third-order valence-corrected chi connectivity index (χ3v) is 2.44. The summed E-state index contributed by atoms with van der Waals surface area (Å²) in [5, 5.41) is 0.841. The monoisotopic (exact) mass is 183 g/mol. The molecule has 0 heterocycles. The lowest BCUT2D eigenvalue weighted by molar-refractivity contribution is 0.955. The maximum absolute atomic E-state index is 5.95. The molecular formula is C10H14ClN. The molecule has 2 N–H and O–H groups in total. The summed E-state index contributed by atoms with van der Waals surface area (Å²) in [4.78, 5) is 0. The summed E-state index contributed by atoms with van der Waals surface area (Å²) in [5.74, 6) is 0. The summed E-state index contributed by atoms with van der Waals surface area (Å²) in [6.45, 7) is 4.78. The van der Waals surface area contributed by atoms with Crippen LogP contribution in [0.15, 0.2) is 12.1 Å². The zero-order valence-electron chi connectivity index (χ0n) is 7.52. The molecule has 2 heteroatoms. The molecule has 0 aliphatic rings. The van der Waals surface area contributed by atoms with Crippen molar-refractivity contribution in [3.8, 4) is 0 Å². The smallest absolute Gasteiger partial charge is 0.0438 e. The number of benzene rings is 1. The summed E-state index contributed by atoms with van der Waals surface area (Å²) in [7, 11) is 0. The van der Waals surface area contributed by atoms with E-state index in [4.69, 9.17) is 17.3 Å². The third kappa shape index (κ3) is 1.99. The van der Waals surface area contributed by atoms with E-state index in [9.17, 15) is 0 Å². The Hall–Kier alpha value is -0.530. The highest BCUT2D eigenvalue weighted by Crippen LogP contribution is 2.20. The molecule has 0 bridgehead atoms. The van der Waals surface area contributed by atoms with Crippen LogP contribution in [0.1, 0.15) is 16.7 Å². The molecular weight excluding hydrogens is 170 g/mol. The normalized spacial score (nSPS) is 10.3. The minimum absolute atomic E-state index is 0.696. The Labute approximate surface area is 78.5 Å². The van der Waals surface area contributed by atoms with Gasteiger partial charge in [-0.15, -0.1) is 0 Å². The van der Waals surface area contributed by atoms with Crippen LogP contribution >= 0.6 is 11.6 Å². The first kappa shape index (κ1) is 9.56. The van der Waals surface area contributed by atoms with Crippen LogP contribution in [0.3, 0.4) is 0 Å². The van der Waals surface area contributed by atoms with Gasteiger partial charge in [0.2, 0.25) is 0 Å². The Balaban J connectivity index is 3.05. The summed E-state index contributed by atoms with van der Waals surface area (Å²) < 4.78 is 0. The number of nitrogens with two attached hydrogens (primary N) is 1. The maximum atomic E-state index is 5.95. The van der Waals surface area contributed by atoms with Crippen molar-refractivity contribution >= 4 is 11.6 Å². The van der Waals surface area contributed by atoms with Crippen LogP contribution in [0.4, 0.5) is 0 Å². The van der Waals surface area contributed by atoms with Gasteiger partial charge in [0.25, 0.3) is 0 Å². The van der Waals surface area contributed by atoms with Crippen LogP contribution in [0.25, 0.3) is 0 Å². The van der Waals surface area contributed by atoms with Crippen LogP contribution in [-0.4, -0.2) is 6.54 Å². The molecule has 0 aliphatic carbocycles. The van der Waals surface area contributed by atoms with E-state index < -0.39 is 0 Å². The second-order valence-electron chi connectivity index (χ2n) is 3.07. The van der Waals surface area contributed by atoms with Crippen molar-refractivity contribution in [3.63, 3.8) is 0 Å². The largest absolute Gasteiger partial charge is 0.330 e. The van der Waals surface area contributed by atoms with Crippen molar-refractivity contribution in [3.05, 3.63) is 33.8 Å². The lowest BCUT2D eigenvalue weighted by Gasteiger charge is -2.06. The predicted octanol–water partition coefficient (Wildman–Crippen LogP) is 2.46. The van der Waals surface area contributed by atoms with Gasteiger partial charge in [0.05, 0.1) is 0 Å². The van der Waals surface area contributed by atoms with Gasteiger partial charge in [-0.1, -0.05) is 17.7 Å². The number of rotatable bonds is 2. The van der Waals surface area contributed by atoms with Crippen molar-refractivity contribution in [1.29, 1.82) is 0 Å². The fourth-order valence-corrected chi connectivity index (χ4v) is 1.48. The van der Waals surface area contributed by atoms with E-state index in [-0.39, 0.29) is 0 Å². The van der Waals surface area contributed by atoms with Crippen molar-refractivity contribution in [1.82, 2.24) is 0 Å². The molecule has 66 valence electrons. The second kappa shape index (κ2) is 3.92. The molecule has 1 aromatic rings. The van der Waals surface area contributed by atoms with Crippen LogP contribution < -0.4 is 5.73 Å². The molecule has 1 aromatic carbocycles. The van der Waals surface area contributed by atoms with Gasteiger partial charge in [0.15, 0.2) is 0 Å². The highest BCUT2D eigenvalue weighted by Gasteiger charge is 2.01. The van der Waals surface area contributed by atoms with Gasteiger partial charge in [-0.2, -0.15) is 0 Å². The Morgan fingerprint density at radius 1 is 1.25 bits per heavy atom. The number of aryl methyl sites for hydroxylation is 2. The van der Waals surface area contributed by atoms with E-state index in [1.807, 2.05) is 13.0 Å². The van der Waals surface area contributed by atoms with E-state index in [1.165, 1.54) is 11.1 Å². The van der Waals surface area contributed by atoms with Crippen molar-refractivity contribution in [2.75, 3.05) is 6.54 Å².